The molecule has 1 aliphatic heterocycles. The number of carbonyl (C=O) groups excluding carboxylic acids is 2. The number of halogens is 1. The summed E-state index contributed by atoms with van der Waals surface area (Å²) in [5.41, 5.74) is 7.33. The molecule has 184 valence electrons. The summed E-state index contributed by atoms with van der Waals surface area (Å²) in [6.07, 6.45) is 0.678. The molecule has 1 aromatic carbocycles. The molecule has 0 aliphatic carbocycles. The van der Waals surface area contributed by atoms with Crippen molar-refractivity contribution < 1.29 is 23.5 Å². The Morgan fingerprint density at radius 3 is 2.50 bits per heavy atom. The minimum atomic E-state index is -0.684. The molecule has 1 aliphatic rings. The van der Waals surface area contributed by atoms with Crippen molar-refractivity contribution in [2.24, 2.45) is 4.99 Å². The zero-order valence-corrected chi connectivity index (χ0v) is 20.5. The molecule has 0 fully saturated rings. The van der Waals surface area contributed by atoms with Crippen molar-refractivity contribution >= 4 is 24.3 Å². The molecule has 0 saturated heterocycles. The van der Waals surface area contributed by atoms with Crippen LogP contribution in [0.4, 0.5) is 19.8 Å². The number of carbonyl (C=O) groups is 2. The van der Waals surface area contributed by atoms with Crippen LogP contribution in [0.25, 0.3) is 5.69 Å². The zero-order chi connectivity index (χ0) is 25.2. The highest BCUT2D eigenvalue weighted by Crippen LogP contribution is 2.38. The maximum absolute atomic E-state index is 14.3. The average Bonchev–Trinajstić information content (AvgIpc) is 3.12. The standard InChI is InChI=1S/C23H31FN6O4/c1-13-10-16(11-14(2)19(13)24)30-20(25-12-26-27-21(31)33-7)18-15(3)29(9-8-17(18)28-30)22(32)34-23(4,5)6/h10-12,15H,8-9H2,1-7H3,(H,25,26)(H,27,31)/t15-/m0/s1. The summed E-state index contributed by atoms with van der Waals surface area (Å²) in [6, 6.07) is 3.00. The second-order valence-electron chi connectivity index (χ2n) is 9.11. The van der Waals surface area contributed by atoms with Crippen LogP contribution in [0.1, 0.15) is 56.1 Å². The summed E-state index contributed by atoms with van der Waals surface area (Å²) in [5, 5.41) is 4.74. The molecule has 0 saturated carbocycles. The Morgan fingerprint density at radius 1 is 1.26 bits per heavy atom. The lowest BCUT2D eigenvalue weighted by molar-refractivity contribution is 0.0160. The molecule has 10 nitrogen and oxygen atoms in total. The van der Waals surface area contributed by atoms with Crippen molar-refractivity contribution in [3.63, 3.8) is 0 Å². The predicted molar refractivity (Wildman–Crippen MR) is 125 cm³/mol. The van der Waals surface area contributed by atoms with E-state index in [9.17, 15) is 14.0 Å². The Bertz CT molecular complexity index is 1100. The first-order valence-corrected chi connectivity index (χ1v) is 10.9. The second-order valence-corrected chi connectivity index (χ2v) is 9.11. The van der Waals surface area contributed by atoms with E-state index in [1.165, 1.54) is 13.4 Å². The van der Waals surface area contributed by atoms with Gasteiger partial charge in [-0.25, -0.2) is 29.1 Å². The molecular formula is C23H31FN6O4. The van der Waals surface area contributed by atoms with E-state index >= 15 is 0 Å². The second kappa shape index (κ2) is 9.70. The van der Waals surface area contributed by atoms with E-state index in [1.807, 2.05) is 27.7 Å². The topological polar surface area (TPSA) is 110 Å². The van der Waals surface area contributed by atoms with Crippen molar-refractivity contribution in [2.75, 3.05) is 13.7 Å². The van der Waals surface area contributed by atoms with Gasteiger partial charge in [-0.3, -0.25) is 5.43 Å². The van der Waals surface area contributed by atoms with Crippen LogP contribution in [-0.2, 0) is 15.9 Å². The van der Waals surface area contributed by atoms with Gasteiger partial charge in [-0.2, -0.15) is 5.10 Å². The first-order chi connectivity index (χ1) is 15.9. The van der Waals surface area contributed by atoms with Crippen molar-refractivity contribution in [2.45, 2.75) is 59.6 Å². The molecule has 11 heteroatoms. The number of fused-ring (bicyclic) bond motifs is 1. The lowest BCUT2D eigenvalue weighted by Gasteiger charge is -2.34. The van der Waals surface area contributed by atoms with Gasteiger partial charge in [-0.05, 0) is 64.8 Å². The molecule has 3 rings (SSSR count). The summed E-state index contributed by atoms with van der Waals surface area (Å²) in [4.78, 5) is 30.3. The fourth-order valence-electron chi connectivity index (χ4n) is 3.81. The van der Waals surface area contributed by atoms with E-state index in [0.29, 0.717) is 35.6 Å². The minimum absolute atomic E-state index is 0.279. The number of benzene rings is 1. The van der Waals surface area contributed by atoms with Crippen molar-refractivity contribution in [1.82, 2.24) is 25.5 Å². The Hall–Kier alpha value is -3.63. The highest BCUT2D eigenvalue weighted by molar-refractivity contribution is 5.72. The van der Waals surface area contributed by atoms with Gasteiger partial charge >= 0.3 is 12.2 Å². The predicted octanol–water partition coefficient (Wildman–Crippen LogP) is 4.00. The van der Waals surface area contributed by atoms with Crippen LogP contribution < -0.4 is 10.9 Å². The smallest absolute Gasteiger partial charge is 0.425 e. The summed E-state index contributed by atoms with van der Waals surface area (Å²) in [7, 11) is 1.24. The van der Waals surface area contributed by atoms with E-state index in [4.69, 9.17) is 9.84 Å². The van der Waals surface area contributed by atoms with Crippen molar-refractivity contribution in [3.05, 3.63) is 40.3 Å². The number of rotatable bonds is 4. The SMILES string of the molecule is COC(=O)NNC=Nc1c2c(nn1-c1cc(C)c(F)c(C)c1)CCN(C(=O)OC(C)(C)C)[C@H]2C. The van der Waals surface area contributed by atoms with Crippen LogP contribution in [0.2, 0.25) is 0 Å². The van der Waals surface area contributed by atoms with Crippen LogP contribution in [0.15, 0.2) is 17.1 Å². The largest absolute Gasteiger partial charge is 0.452 e. The van der Waals surface area contributed by atoms with Gasteiger partial charge in [0.2, 0.25) is 0 Å². The van der Waals surface area contributed by atoms with E-state index in [2.05, 4.69) is 20.6 Å². The number of aliphatic imine (C=N–C) groups is 1. The molecule has 2 heterocycles. The number of hydrogen-bond acceptors (Lipinski definition) is 6. The number of methoxy groups -OCH3 is 1. The van der Waals surface area contributed by atoms with Crippen molar-refractivity contribution in [3.8, 4) is 5.69 Å². The average molecular weight is 475 g/mol. The third kappa shape index (κ3) is 5.29. The number of aryl methyl sites for hydroxylation is 2. The van der Waals surface area contributed by atoms with Gasteiger partial charge in [0.05, 0.1) is 24.5 Å². The van der Waals surface area contributed by atoms with Gasteiger partial charge < -0.3 is 14.4 Å². The normalized spacial score (nSPS) is 15.8. The molecular weight excluding hydrogens is 443 g/mol. The highest BCUT2D eigenvalue weighted by Gasteiger charge is 2.36. The van der Waals surface area contributed by atoms with Crippen LogP contribution in [0.3, 0.4) is 0 Å². The first kappa shape index (κ1) is 25.0. The van der Waals surface area contributed by atoms with Crippen LogP contribution in [0.5, 0.6) is 0 Å². The Kier molecular flexibility index (Phi) is 7.13. The third-order valence-corrected chi connectivity index (χ3v) is 5.35. The lowest BCUT2D eigenvalue weighted by atomic mass is 10.00. The van der Waals surface area contributed by atoms with Gasteiger partial charge in [-0.1, -0.05) is 0 Å². The monoisotopic (exact) mass is 474 g/mol. The quantitative estimate of drug-likeness (QED) is 0.394. The van der Waals surface area contributed by atoms with Crippen molar-refractivity contribution in [1.29, 1.82) is 0 Å². The molecule has 0 spiro atoms. The van der Waals surface area contributed by atoms with Crippen LogP contribution >= 0.6 is 0 Å². The Labute approximate surface area is 198 Å². The Morgan fingerprint density at radius 2 is 1.91 bits per heavy atom. The summed E-state index contributed by atoms with van der Waals surface area (Å²) in [6.45, 7) is 11.1. The molecule has 0 bridgehead atoms. The molecule has 34 heavy (non-hydrogen) atoms. The molecule has 0 unspecified atom stereocenters. The number of hydrogen-bond donors (Lipinski definition) is 2. The molecule has 2 aromatic rings. The number of nitrogens with one attached hydrogen (secondary N) is 2. The molecule has 0 radical (unpaired) electrons. The fourth-order valence-corrected chi connectivity index (χ4v) is 3.81. The maximum Gasteiger partial charge on any atom is 0.425 e. The van der Waals surface area contributed by atoms with E-state index in [1.54, 1.807) is 35.6 Å². The minimum Gasteiger partial charge on any atom is -0.452 e. The van der Waals surface area contributed by atoms with E-state index in [-0.39, 0.29) is 11.9 Å². The summed E-state index contributed by atoms with van der Waals surface area (Å²) >= 11 is 0. The summed E-state index contributed by atoms with van der Waals surface area (Å²) < 4.78 is 26.0. The lowest BCUT2D eigenvalue weighted by Crippen LogP contribution is -2.42. The molecule has 2 N–H and O–H groups in total. The van der Waals surface area contributed by atoms with E-state index < -0.39 is 17.8 Å². The van der Waals surface area contributed by atoms with Gasteiger partial charge in [0.25, 0.3) is 0 Å². The number of ether oxygens (including phenoxy) is 2. The maximum atomic E-state index is 14.3. The van der Waals surface area contributed by atoms with Gasteiger partial charge in [0.15, 0.2) is 5.82 Å². The molecule has 1 atom stereocenters. The number of nitrogens with zero attached hydrogens (tertiary/aromatic N) is 4. The zero-order valence-electron chi connectivity index (χ0n) is 20.5. The van der Waals surface area contributed by atoms with Crippen LogP contribution in [-0.4, -0.2) is 52.5 Å². The number of aromatic nitrogens is 2. The summed E-state index contributed by atoms with van der Waals surface area (Å²) in [5.74, 6) is 0.166. The Balaban J connectivity index is 2.05. The fraction of sp³-hybridized carbons (Fsp3) is 0.478. The third-order valence-electron chi connectivity index (χ3n) is 5.35. The van der Waals surface area contributed by atoms with Crippen LogP contribution in [0, 0.1) is 19.7 Å². The van der Waals surface area contributed by atoms with Gasteiger partial charge in [0, 0.05) is 18.5 Å². The number of amides is 2. The van der Waals surface area contributed by atoms with E-state index in [0.717, 1.165) is 11.3 Å². The van der Waals surface area contributed by atoms with Gasteiger partial charge in [-0.15, -0.1) is 0 Å². The first-order valence-electron chi connectivity index (χ1n) is 10.9. The van der Waals surface area contributed by atoms with Gasteiger partial charge in [0.1, 0.15) is 17.8 Å². The number of hydrazine groups is 1. The molecule has 1 aromatic heterocycles. The highest BCUT2D eigenvalue weighted by atomic mass is 19.1. The molecule has 2 amide bonds.